The number of aromatic nitrogens is 4. The monoisotopic (exact) mass is 423 g/mol. The molecular weight excluding hydrogens is 398 g/mol. The zero-order valence-electron chi connectivity index (χ0n) is 16.8. The van der Waals surface area contributed by atoms with Crippen molar-refractivity contribution in [2.75, 3.05) is 32.7 Å². The molecule has 0 unspecified atom stereocenters. The summed E-state index contributed by atoms with van der Waals surface area (Å²) in [5.74, 6) is -0.441. The summed E-state index contributed by atoms with van der Waals surface area (Å²) >= 11 is 0. The molecule has 3 heterocycles. The summed E-state index contributed by atoms with van der Waals surface area (Å²) in [6.45, 7) is 1.74. The number of nitrogens with zero attached hydrogens (tertiary/aromatic N) is 4. The van der Waals surface area contributed by atoms with Crippen molar-refractivity contribution < 1.29 is 33.6 Å². The van der Waals surface area contributed by atoms with Crippen LogP contribution in [0, 0.1) is 0 Å². The van der Waals surface area contributed by atoms with Gasteiger partial charge in [0.2, 0.25) is 0 Å². The van der Waals surface area contributed by atoms with Crippen molar-refractivity contribution in [1.82, 2.24) is 19.5 Å². The molecule has 0 bridgehead atoms. The van der Waals surface area contributed by atoms with E-state index in [2.05, 4.69) is 15.0 Å². The van der Waals surface area contributed by atoms with Gasteiger partial charge in [0.05, 0.1) is 26.0 Å². The second kappa shape index (κ2) is 9.89. The number of esters is 1. The maximum atomic E-state index is 11.8. The number of carbonyl (C=O) groups is 2. The summed E-state index contributed by atoms with van der Waals surface area (Å²) in [7, 11) is 1.54. The van der Waals surface area contributed by atoms with E-state index < -0.39 is 30.5 Å². The summed E-state index contributed by atoms with van der Waals surface area (Å²) in [5.41, 5.74) is 6.65. The van der Waals surface area contributed by atoms with Crippen molar-refractivity contribution in [1.29, 1.82) is 0 Å². The molecular formula is C18H25N5O7. The van der Waals surface area contributed by atoms with Gasteiger partial charge in [-0.1, -0.05) is 0 Å². The minimum atomic E-state index is -1.09. The van der Waals surface area contributed by atoms with Crippen LogP contribution in [0.3, 0.4) is 0 Å². The van der Waals surface area contributed by atoms with Gasteiger partial charge in [-0.25, -0.2) is 15.0 Å². The number of Topliss-reactive ketones (excluding diaryl/α,β-unsaturated/α-hetero) is 1. The van der Waals surface area contributed by atoms with Crippen LogP contribution in [-0.4, -0.2) is 81.6 Å². The van der Waals surface area contributed by atoms with Crippen molar-refractivity contribution in [3.63, 3.8) is 0 Å². The number of rotatable bonds is 10. The van der Waals surface area contributed by atoms with Gasteiger partial charge < -0.3 is 34.6 Å². The van der Waals surface area contributed by atoms with Crippen molar-refractivity contribution in [3.05, 3.63) is 12.7 Å². The second-order valence-electron chi connectivity index (χ2n) is 6.85. The molecule has 0 spiro atoms. The van der Waals surface area contributed by atoms with E-state index >= 15 is 0 Å². The molecule has 12 nitrogen and oxygen atoms in total. The molecule has 3 rings (SSSR count). The highest BCUT2D eigenvalue weighted by atomic mass is 16.6. The molecule has 2 aromatic rings. The van der Waals surface area contributed by atoms with Gasteiger partial charge in [0.15, 0.2) is 17.7 Å². The molecule has 1 saturated heterocycles. The first-order valence-electron chi connectivity index (χ1n) is 9.44. The van der Waals surface area contributed by atoms with Crippen LogP contribution < -0.4 is 5.73 Å². The predicted molar refractivity (Wildman–Crippen MR) is 102 cm³/mol. The number of anilines is 1. The summed E-state index contributed by atoms with van der Waals surface area (Å²) in [6, 6.07) is 0. The van der Waals surface area contributed by atoms with E-state index in [-0.39, 0.29) is 37.7 Å². The number of nitrogen functional groups attached to an aromatic ring is 1. The highest BCUT2D eigenvalue weighted by molar-refractivity contribution is 5.81. The number of methoxy groups -OCH3 is 1. The molecule has 1 aliphatic rings. The fourth-order valence-electron chi connectivity index (χ4n) is 3.11. The fourth-order valence-corrected chi connectivity index (χ4v) is 3.11. The first-order chi connectivity index (χ1) is 14.4. The Balaban J connectivity index is 1.75. The highest BCUT2D eigenvalue weighted by Gasteiger charge is 2.46. The van der Waals surface area contributed by atoms with Crippen LogP contribution in [0.4, 0.5) is 5.82 Å². The zero-order valence-corrected chi connectivity index (χ0v) is 16.8. The van der Waals surface area contributed by atoms with Gasteiger partial charge in [-0.3, -0.25) is 9.36 Å². The van der Waals surface area contributed by atoms with E-state index in [1.165, 1.54) is 26.7 Å². The minimum absolute atomic E-state index is 0.0301. The largest absolute Gasteiger partial charge is 0.463 e. The van der Waals surface area contributed by atoms with Crippen LogP contribution in [0.5, 0.6) is 0 Å². The van der Waals surface area contributed by atoms with Gasteiger partial charge in [-0.05, 0) is 6.92 Å². The summed E-state index contributed by atoms with van der Waals surface area (Å²) in [5, 5.41) is 10.7. The van der Waals surface area contributed by atoms with Crippen LogP contribution >= 0.6 is 0 Å². The van der Waals surface area contributed by atoms with Gasteiger partial charge in [0, 0.05) is 13.5 Å². The molecule has 0 radical (unpaired) electrons. The predicted octanol–water partition coefficient (Wildman–Crippen LogP) is -0.389. The number of imidazole rings is 1. The number of ketones is 1. The maximum absolute atomic E-state index is 11.8. The Labute approximate surface area is 172 Å². The Morgan fingerprint density at radius 1 is 1.27 bits per heavy atom. The number of aliphatic hydroxyl groups excluding tert-OH is 1. The van der Waals surface area contributed by atoms with Gasteiger partial charge in [0.1, 0.15) is 42.5 Å². The van der Waals surface area contributed by atoms with Crippen molar-refractivity contribution in [2.45, 2.75) is 44.3 Å². The third-order valence-electron chi connectivity index (χ3n) is 4.66. The topological polar surface area (TPSA) is 161 Å². The summed E-state index contributed by atoms with van der Waals surface area (Å²) < 4.78 is 23.5. The van der Waals surface area contributed by atoms with E-state index in [1.54, 1.807) is 4.57 Å². The molecule has 3 N–H and O–H groups in total. The molecule has 12 heteroatoms. The van der Waals surface area contributed by atoms with Crippen LogP contribution in [-0.2, 0) is 28.5 Å². The van der Waals surface area contributed by atoms with E-state index in [4.69, 9.17) is 24.7 Å². The normalized spacial score (nSPS) is 23.7. The Morgan fingerprint density at radius 2 is 2.07 bits per heavy atom. The molecule has 0 amide bonds. The fraction of sp³-hybridized carbons (Fsp3) is 0.611. The molecule has 0 aliphatic carbocycles. The van der Waals surface area contributed by atoms with E-state index in [0.717, 1.165) is 0 Å². The van der Waals surface area contributed by atoms with Crippen molar-refractivity contribution in [3.8, 4) is 0 Å². The zero-order chi connectivity index (χ0) is 21.7. The van der Waals surface area contributed by atoms with Gasteiger partial charge in [-0.15, -0.1) is 0 Å². The third kappa shape index (κ3) is 4.90. The average molecular weight is 423 g/mol. The lowest BCUT2D eigenvalue weighted by molar-refractivity contribution is -0.150. The standard InChI is InChI=1S/C18H25N5O7/c1-10(24)3-4-12(25)29-7-11-14(26)15(28-6-5-27-2)18(30-11)23-9-22-13-16(19)20-8-21-17(13)23/h8-9,11,14-15,18,26H,3-7H2,1-2H3,(H2,19,20,21)/t11-,14-,15-,18-/m1/s1. The van der Waals surface area contributed by atoms with Crippen LogP contribution in [0.15, 0.2) is 12.7 Å². The number of fused-ring (bicyclic) bond motifs is 1. The minimum Gasteiger partial charge on any atom is -0.463 e. The Hall–Kier alpha value is -2.67. The molecule has 2 aromatic heterocycles. The quantitative estimate of drug-likeness (QED) is 0.378. The van der Waals surface area contributed by atoms with Gasteiger partial charge in [-0.2, -0.15) is 0 Å². The lowest BCUT2D eigenvalue weighted by Crippen LogP contribution is -2.37. The lowest BCUT2D eigenvalue weighted by atomic mass is 10.1. The number of carbonyl (C=O) groups excluding carboxylic acids is 2. The first kappa shape index (κ1) is 22.0. The van der Waals surface area contributed by atoms with E-state index in [1.807, 2.05) is 0 Å². The summed E-state index contributed by atoms with van der Waals surface area (Å²) in [4.78, 5) is 35.1. The van der Waals surface area contributed by atoms with Crippen molar-refractivity contribution >= 4 is 28.7 Å². The smallest absolute Gasteiger partial charge is 0.306 e. The number of hydrogen-bond donors (Lipinski definition) is 2. The molecule has 164 valence electrons. The van der Waals surface area contributed by atoms with E-state index in [0.29, 0.717) is 17.8 Å². The average Bonchev–Trinajstić information content (AvgIpc) is 3.27. The third-order valence-corrected chi connectivity index (χ3v) is 4.66. The van der Waals surface area contributed by atoms with Crippen LogP contribution in [0.25, 0.3) is 11.2 Å². The SMILES string of the molecule is COCCO[C@@H]1[C@H](O)[C@@H](COC(=O)CCC(C)=O)O[C@H]1n1cnc2c(N)ncnc21. The molecule has 4 atom stereocenters. The Morgan fingerprint density at radius 3 is 2.80 bits per heavy atom. The number of hydrogen-bond acceptors (Lipinski definition) is 11. The molecule has 0 saturated carbocycles. The Kier molecular flexibility index (Phi) is 7.26. The first-order valence-corrected chi connectivity index (χ1v) is 9.44. The van der Waals surface area contributed by atoms with Crippen LogP contribution in [0.1, 0.15) is 26.0 Å². The number of ether oxygens (including phenoxy) is 4. The molecule has 30 heavy (non-hydrogen) atoms. The van der Waals surface area contributed by atoms with Gasteiger partial charge in [0.25, 0.3) is 0 Å². The molecule has 1 fully saturated rings. The van der Waals surface area contributed by atoms with Crippen LogP contribution in [0.2, 0.25) is 0 Å². The molecule has 1 aliphatic heterocycles. The second-order valence-corrected chi connectivity index (χ2v) is 6.85. The Bertz CT molecular complexity index is 889. The van der Waals surface area contributed by atoms with E-state index in [9.17, 15) is 14.7 Å². The highest BCUT2D eigenvalue weighted by Crippen LogP contribution is 2.34. The molecule has 0 aromatic carbocycles. The van der Waals surface area contributed by atoms with Gasteiger partial charge >= 0.3 is 5.97 Å². The summed E-state index contributed by atoms with van der Waals surface area (Å²) in [6.07, 6.45) is -0.688. The maximum Gasteiger partial charge on any atom is 0.306 e. The number of nitrogens with two attached hydrogens (primary N) is 1. The number of aliphatic hydroxyl groups is 1. The van der Waals surface area contributed by atoms with Crippen molar-refractivity contribution in [2.24, 2.45) is 0 Å². The lowest BCUT2D eigenvalue weighted by Gasteiger charge is -2.21.